The lowest BCUT2D eigenvalue weighted by molar-refractivity contribution is 0.102. The van der Waals surface area contributed by atoms with E-state index in [2.05, 4.69) is 15.5 Å². The van der Waals surface area contributed by atoms with E-state index in [1.54, 1.807) is 36.4 Å². The number of hydrogen-bond acceptors (Lipinski definition) is 4. The second-order valence-corrected chi connectivity index (χ2v) is 3.25. The van der Waals surface area contributed by atoms with Crippen LogP contribution in [0.25, 0.3) is 0 Å². The predicted molar refractivity (Wildman–Crippen MR) is 61.1 cm³/mol. The minimum atomic E-state index is -0.282. The molecule has 1 N–H and O–H groups in total. The summed E-state index contributed by atoms with van der Waals surface area (Å²) in [4.78, 5) is 11.8. The molecule has 0 saturated carbocycles. The van der Waals surface area contributed by atoms with Gasteiger partial charge in [0.1, 0.15) is 0 Å². The van der Waals surface area contributed by atoms with Crippen LogP contribution >= 0.6 is 0 Å². The van der Waals surface area contributed by atoms with Crippen LogP contribution in [-0.4, -0.2) is 16.1 Å². The number of carbonyl (C=O) groups excluding carboxylic acids is 1. The van der Waals surface area contributed by atoms with Gasteiger partial charge in [0.15, 0.2) is 5.82 Å². The quantitative estimate of drug-likeness (QED) is 0.840. The molecule has 1 aromatic carbocycles. The van der Waals surface area contributed by atoms with Crippen LogP contribution in [0.15, 0.2) is 42.6 Å². The molecule has 0 spiro atoms. The molecule has 0 fully saturated rings. The van der Waals surface area contributed by atoms with Crippen molar-refractivity contribution in [3.63, 3.8) is 0 Å². The van der Waals surface area contributed by atoms with Crippen molar-refractivity contribution < 1.29 is 4.79 Å². The number of rotatable bonds is 2. The smallest absolute Gasteiger partial charge is 0.256 e. The number of anilines is 1. The lowest BCUT2D eigenvalue weighted by atomic mass is 10.1. The van der Waals surface area contributed by atoms with Gasteiger partial charge in [0.05, 0.1) is 11.6 Å². The van der Waals surface area contributed by atoms with Crippen molar-refractivity contribution >= 4 is 11.7 Å². The molecule has 2 aromatic rings. The standard InChI is InChI=1S/C12H8N4O/c13-8-9-3-5-10(6-4-9)12(17)15-11-2-1-7-14-16-11/h1-7H,(H,15,16,17). The number of nitrogens with one attached hydrogen (secondary N) is 1. The molecular formula is C12H8N4O. The highest BCUT2D eigenvalue weighted by Crippen LogP contribution is 2.06. The average molecular weight is 224 g/mol. The Morgan fingerprint density at radius 2 is 2.00 bits per heavy atom. The van der Waals surface area contributed by atoms with Gasteiger partial charge in [0.25, 0.3) is 5.91 Å². The first-order chi connectivity index (χ1) is 8.29. The Morgan fingerprint density at radius 1 is 1.24 bits per heavy atom. The van der Waals surface area contributed by atoms with Gasteiger partial charge in [-0.05, 0) is 36.4 Å². The third kappa shape index (κ3) is 2.63. The van der Waals surface area contributed by atoms with Crippen LogP contribution in [0.3, 0.4) is 0 Å². The fourth-order valence-electron chi connectivity index (χ4n) is 1.25. The van der Waals surface area contributed by atoms with Crippen molar-refractivity contribution in [1.82, 2.24) is 10.2 Å². The Balaban J connectivity index is 2.13. The number of hydrogen-bond donors (Lipinski definition) is 1. The lowest BCUT2D eigenvalue weighted by Crippen LogP contribution is -2.13. The van der Waals surface area contributed by atoms with Gasteiger partial charge in [-0.15, -0.1) is 5.10 Å². The molecule has 0 saturated heterocycles. The monoisotopic (exact) mass is 224 g/mol. The van der Waals surface area contributed by atoms with Gasteiger partial charge in [-0.1, -0.05) is 0 Å². The maximum atomic E-state index is 11.8. The fraction of sp³-hybridized carbons (Fsp3) is 0. The third-order valence-corrected chi connectivity index (χ3v) is 2.09. The van der Waals surface area contributed by atoms with E-state index in [0.29, 0.717) is 16.9 Å². The number of benzene rings is 1. The van der Waals surface area contributed by atoms with Crippen molar-refractivity contribution in [2.75, 3.05) is 5.32 Å². The Labute approximate surface area is 97.7 Å². The topological polar surface area (TPSA) is 78.7 Å². The molecular weight excluding hydrogens is 216 g/mol. The molecule has 0 radical (unpaired) electrons. The molecule has 1 amide bonds. The molecule has 1 heterocycles. The zero-order valence-electron chi connectivity index (χ0n) is 8.79. The van der Waals surface area contributed by atoms with Gasteiger partial charge >= 0.3 is 0 Å². The van der Waals surface area contributed by atoms with Crippen molar-refractivity contribution in [1.29, 1.82) is 5.26 Å². The maximum absolute atomic E-state index is 11.8. The predicted octanol–water partition coefficient (Wildman–Crippen LogP) is 1.60. The Morgan fingerprint density at radius 3 is 2.59 bits per heavy atom. The number of aromatic nitrogens is 2. The van der Waals surface area contributed by atoms with E-state index in [1.165, 1.54) is 6.20 Å². The largest absolute Gasteiger partial charge is 0.305 e. The summed E-state index contributed by atoms with van der Waals surface area (Å²) in [5.41, 5.74) is 0.982. The molecule has 82 valence electrons. The highest BCUT2D eigenvalue weighted by molar-refractivity contribution is 6.03. The molecule has 1 aromatic heterocycles. The van der Waals surface area contributed by atoms with E-state index < -0.39 is 0 Å². The van der Waals surface area contributed by atoms with Crippen LogP contribution in [0.5, 0.6) is 0 Å². The van der Waals surface area contributed by atoms with Gasteiger partial charge in [0.2, 0.25) is 0 Å². The first-order valence-electron chi connectivity index (χ1n) is 4.89. The maximum Gasteiger partial charge on any atom is 0.256 e. The molecule has 0 bridgehead atoms. The zero-order valence-corrected chi connectivity index (χ0v) is 8.79. The summed E-state index contributed by atoms with van der Waals surface area (Å²) in [6.45, 7) is 0. The first kappa shape index (κ1) is 10.8. The molecule has 5 heteroatoms. The van der Waals surface area contributed by atoms with Gasteiger partial charge in [0, 0.05) is 11.8 Å². The van der Waals surface area contributed by atoms with Crippen LogP contribution < -0.4 is 5.32 Å². The van der Waals surface area contributed by atoms with Crippen LogP contribution in [0.4, 0.5) is 5.82 Å². The summed E-state index contributed by atoms with van der Waals surface area (Å²) >= 11 is 0. The molecule has 5 nitrogen and oxygen atoms in total. The van der Waals surface area contributed by atoms with E-state index >= 15 is 0 Å². The Kier molecular flexibility index (Phi) is 3.08. The van der Waals surface area contributed by atoms with Crippen LogP contribution in [0.1, 0.15) is 15.9 Å². The van der Waals surface area contributed by atoms with E-state index in [0.717, 1.165) is 0 Å². The molecule has 0 aliphatic heterocycles. The third-order valence-electron chi connectivity index (χ3n) is 2.09. The molecule has 2 rings (SSSR count). The van der Waals surface area contributed by atoms with Gasteiger partial charge in [-0.25, -0.2) is 0 Å². The van der Waals surface area contributed by atoms with Crippen LogP contribution in [0, 0.1) is 11.3 Å². The van der Waals surface area contributed by atoms with Gasteiger partial charge < -0.3 is 5.32 Å². The second kappa shape index (κ2) is 4.86. The zero-order chi connectivity index (χ0) is 12.1. The Bertz CT molecular complexity index is 557. The van der Waals surface area contributed by atoms with Gasteiger partial charge in [-0.3, -0.25) is 4.79 Å². The summed E-state index contributed by atoms with van der Waals surface area (Å²) in [5, 5.41) is 18.6. The van der Waals surface area contributed by atoms with Crippen LogP contribution in [-0.2, 0) is 0 Å². The van der Waals surface area contributed by atoms with Crippen molar-refractivity contribution in [3.8, 4) is 6.07 Å². The minimum absolute atomic E-state index is 0.282. The number of nitrogens with zero attached hydrogens (tertiary/aromatic N) is 3. The van der Waals surface area contributed by atoms with Crippen LogP contribution in [0.2, 0.25) is 0 Å². The number of amides is 1. The first-order valence-corrected chi connectivity index (χ1v) is 4.89. The molecule has 0 unspecified atom stereocenters. The summed E-state index contributed by atoms with van der Waals surface area (Å²) in [6, 6.07) is 11.7. The van der Waals surface area contributed by atoms with E-state index in [1.807, 2.05) is 6.07 Å². The number of carbonyl (C=O) groups is 1. The van der Waals surface area contributed by atoms with E-state index in [-0.39, 0.29) is 5.91 Å². The SMILES string of the molecule is N#Cc1ccc(C(=O)Nc2cccnn2)cc1. The number of nitriles is 1. The molecule has 0 aliphatic carbocycles. The highest BCUT2D eigenvalue weighted by atomic mass is 16.1. The van der Waals surface area contributed by atoms with E-state index in [9.17, 15) is 4.79 Å². The van der Waals surface area contributed by atoms with Gasteiger partial charge in [-0.2, -0.15) is 10.4 Å². The highest BCUT2D eigenvalue weighted by Gasteiger charge is 2.06. The summed E-state index contributed by atoms with van der Waals surface area (Å²) in [5.74, 6) is 0.108. The fourth-order valence-corrected chi connectivity index (χ4v) is 1.25. The summed E-state index contributed by atoms with van der Waals surface area (Å²) in [6.07, 6.45) is 1.53. The summed E-state index contributed by atoms with van der Waals surface area (Å²) in [7, 11) is 0. The van der Waals surface area contributed by atoms with Crippen molar-refractivity contribution in [2.24, 2.45) is 0 Å². The normalized spacial score (nSPS) is 9.35. The van der Waals surface area contributed by atoms with Crippen molar-refractivity contribution in [3.05, 3.63) is 53.7 Å². The summed E-state index contributed by atoms with van der Waals surface area (Å²) < 4.78 is 0. The lowest BCUT2D eigenvalue weighted by Gasteiger charge is -2.02. The van der Waals surface area contributed by atoms with E-state index in [4.69, 9.17) is 5.26 Å². The molecule has 0 atom stereocenters. The average Bonchev–Trinajstić information content (AvgIpc) is 2.40. The molecule has 17 heavy (non-hydrogen) atoms. The molecule has 0 aliphatic rings. The van der Waals surface area contributed by atoms with Crippen molar-refractivity contribution in [2.45, 2.75) is 0 Å². The Hall–Kier alpha value is -2.74. The minimum Gasteiger partial charge on any atom is -0.305 e. The second-order valence-electron chi connectivity index (χ2n) is 3.25.